The number of nitrogens with zero attached hydrogens (tertiary/aromatic N) is 1. The van der Waals surface area contributed by atoms with Crippen LogP contribution in [0.3, 0.4) is 0 Å². The van der Waals surface area contributed by atoms with E-state index in [1.54, 1.807) is 0 Å². The number of nitrogens with one attached hydrogen (secondary N) is 1. The largest absolute Gasteiger partial charge is 0.479 e. The van der Waals surface area contributed by atoms with Gasteiger partial charge >= 0.3 is 0 Å². The van der Waals surface area contributed by atoms with Gasteiger partial charge in [0.2, 0.25) is 0 Å². The maximum atomic E-state index is 8.40. The number of benzene rings is 1. The molecule has 0 amide bonds. The molecule has 0 bridgehead atoms. The van der Waals surface area contributed by atoms with Crippen LogP contribution in [0.4, 0.5) is 0 Å². The van der Waals surface area contributed by atoms with Gasteiger partial charge in [0.05, 0.1) is 0 Å². The Balaban J connectivity index is 2.46. The number of nitriles is 1. The van der Waals surface area contributed by atoms with E-state index in [1.165, 1.54) is 5.56 Å². The van der Waals surface area contributed by atoms with Crippen molar-refractivity contribution in [2.24, 2.45) is 0 Å². The molecule has 0 aliphatic heterocycles. The lowest BCUT2D eigenvalue weighted by Gasteiger charge is -2.14. The fourth-order valence-corrected chi connectivity index (χ4v) is 1.79. The Bertz CT molecular complexity index is 359. The minimum absolute atomic E-state index is 0.0981. The molecule has 0 heterocycles. The zero-order valence-corrected chi connectivity index (χ0v) is 11.1. The van der Waals surface area contributed by atoms with Crippen molar-refractivity contribution < 1.29 is 4.74 Å². The molecule has 1 aromatic rings. The maximum absolute atomic E-state index is 8.40. The minimum Gasteiger partial charge on any atom is -0.479 e. The highest BCUT2D eigenvalue weighted by molar-refractivity contribution is 7.98. The van der Waals surface area contributed by atoms with Crippen LogP contribution in [0.25, 0.3) is 0 Å². The summed E-state index contributed by atoms with van der Waals surface area (Å²) in [5, 5.41) is 11.9. The van der Waals surface area contributed by atoms with Crippen molar-refractivity contribution in [1.82, 2.24) is 5.32 Å². The third kappa shape index (κ3) is 5.12. The molecular weight excluding hydrogens is 232 g/mol. The Kier molecular flexibility index (Phi) is 6.53. The van der Waals surface area contributed by atoms with Gasteiger partial charge in [-0.05, 0) is 30.9 Å². The minimum atomic E-state index is 0.0981. The second-order valence-electron chi connectivity index (χ2n) is 3.68. The van der Waals surface area contributed by atoms with Gasteiger partial charge in [-0.3, -0.25) is 0 Å². The summed E-state index contributed by atoms with van der Waals surface area (Å²) in [7, 11) is 0. The van der Waals surface area contributed by atoms with Crippen LogP contribution in [0.5, 0.6) is 5.75 Å². The summed E-state index contributed by atoms with van der Waals surface area (Å²) in [5.74, 6) is 1.86. The summed E-state index contributed by atoms with van der Waals surface area (Å²) >= 11 is 1.84. The highest BCUT2D eigenvalue weighted by atomic mass is 32.2. The van der Waals surface area contributed by atoms with Gasteiger partial charge in [-0.15, -0.1) is 0 Å². The van der Waals surface area contributed by atoms with Crippen molar-refractivity contribution in [2.75, 3.05) is 25.2 Å². The van der Waals surface area contributed by atoms with Gasteiger partial charge in [-0.25, -0.2) is 0 Å². The van der Waals surface area contributed by atoms with Gasteiger partial charge in [-0.2, -0.15) is 17.0 Å². The van der Waals surface area contributed by atoms with Crippen LogP contribution < -0.4 is 10.1 Å². The van der Waals surface area contributed by atoms with Crippen molar-refractivity contribution in [1.29, 1.82) is 5.26 Å². The predicted molar refractivity (Wildman–Crippen MR) is 72.3 cm³/mol. The molecule has 1 rings (SSSR count). The second-order valence-corrected chi connectivity index (χ2v) is 4.67. The smallest absolute Gasteiger partial charge is 0.174 e. The molecule has 1 unspecified atom stereocenters. The van der Waals surface area contributed by atoms with E-state index < -0.39 is 0 Å². The lowest BCUT2D eigenvalue weighted by molar-refractivity contribution is 0.368. The van der Waals surface area contributed by atoms with Gasteiger partial charge in [0, 0.05) is 18.3 Å². The van der Waals surface area contributed by atoms with E-state index in [2.05, 4.69) is 18.5 Å². The van der Waals surface area contributed by atoms with Crippen LogP contribution in [0, 0.1) is 11.3 Å². The van der Waals surface area contributed by atoms with E-state index in [0.29, 0.717) is 6.04 Å². The molecule has 0 saturated heterocycles. The van der Waals surface area contributed by atoms with E-state index in [9.17, 15) is 0 Å². The van der Waals surface area contributed by atoms with Gasteiger partial charge in [-0.1, -0.05) is 12.1 Å². The van der Waals surface area contributed by atoms with Crippen LogP contribution in [-0.4, -0.2) is 25.2 Å². The zero-order chi connectivity index (χ0) is 12.5. The van der Waals surface area contributed by atoms with Crippen molar-refractivity contribution in [2.45, 2.75) is 13.0 Å². The number of ether oxygens (including phenoxy) is 1. The summed E-state index contributed by atoms with van der Waals surface area (Å²) in [6, 6.07) is 10.2. The number of hydrogen-bond donors (Lipinski definition) is 1. The first-order valence-electron chi connectivity index (χ1n) is 5.60. The van der Waals surface area contributed by atoms with Gasteiger partial charge in [0.1, 0.15) is 11.8 Å². The standard InChI is InChI=1S/C13H18N2OS/c1-11(15-8-10-17-2)12-3-5-13(6-4-12)16-9-7-14/h3-6,11,15H,8-10H2,1-2H3. The molecule has 0 aromatic heterocycles. The molecule has 0 spiro atoms. The highest BCUT2D eigenvalue weighted by Crippen LogP contribution is 2.17. The molecule has 1 N–H and O–H groups in total. The Morgan fingerprint density at radius 1 is 1.41 bits per heavy atom. The van der Waals surface area contributed by atoms with Crippen LogP contribution in [0.15, 0.2) is 24.3 Å². The molecule has 1 aromatic carbocycles. The van der Waals surface area contributed by atoms with E-state index in [-0.39, 0.29) is 6.61 Å². The van der Waals surface area contributed by atoms with E-state index in [0.717, 1.165) is 18.0 Å². The average Bonchev–Trinajstić information content (AvgIpc) is 2.37. The van der Waals surface area contributed by atoms with Gasteiger partial charge in [0.15, 0.2) is 6.61 Å². The van der Waals surface area contributed by atoms with E-state index >= 15 is 0 Å². The normalized spacial score (nSPS) is 11.8. The topological polar surface area (TPSA) is 45.0 Å². The lowest BCUT2D eigenvalue weighted by atomic mass is 10.1. The third-order valence-corrected chi connectivity index (χ3v) is 3.05. The van der Waals surface area contributed by atoms with Crippen molar-refractivity contribution in [3.63, 3.8) is 0 Å². The fraction of sp³-hybridized carbons (Fsp3) is 0.462. The van der Waals surface area contributed by atoms with Crippen LogP contribution >= 0.6 is 11.8 Å². The lowest BCUT2D eigenvalue weighted by Crippen LogP contribution is -2.21. The maximum Gasteiger partial charge on any atom is 0.174 e. The molecule has 0 aliphatic carbocycles. The molecule has 0 radical (unpaired) electrons. The summed E-state index contributed by atoms with van der Waals surface area (Å²) in [6.07, 6.45) is 2.10. The van der Waals surface area contributed by atoms with E-state index in [1.807, 2.05) is 42.1 Å². The Hall–Kier alpha value is -1.18. The SMILES string of the molecule is CSCCNC(C)c1ccc(OCC#N)cc1. The molecule has 17 heavy (non-hydrogen) atoms. The fourth-order valence-electron chi connectivity index (χ4n) is 1.46. The molecule has 0 aliphatic rings. The molecule has 0 fully saturated rings. The molecular formula is C13H18N2OS. The molecule has 3 nitrogen and oxygen atoms in total. The zero-order valence-electron chi connectivity index (χ0n) is 10.3. The first kappa shape index (κ1) is 13.9. The van der Waals surface area contributed by atoms with Gasteiger partial charge < -0.3 is 10.1 Å². The van der Waals surface area contributed by atoms with Crippen LogP contribution in [-0.2, 0) is 0 Å². The molecule has 0 saturated carbocycles. The summed E-state index contributed by atoms with van der Waals surface area (Å²) < 4.78 is 5.20. The molecule has 92 valence electrons. The monoisotopic (exact) mass is 250 g/mol. The van der Waals surface area contributed by atoms with Crippen LogP contribution in [0.1, 0.15) is 18.5 Å². The number of rotatable bonds is 7. The summed E-state index contributed by atoms with van der Waals surface area (Å²) in [6.45, 7) is 3.25. The van der Waals surface area contributed by atoms with Crippen molar-refractivity contribution in [3.05, 3.63) is 29.8 Å². The first-order valence-corrected chi connectivity index (χ1v) is 6.99. The Morgan fingerprint density at radius 3 is 2.71 bits per heavy atom. The number of hydrogen-bond acceptors (Lipinski definition) is 4. The van der Waals surface area contributed by atoms with Crippen molar-refractivity contribution in [3.8, 4) is 11.8 Å². The Morgan fingerprint density at radius 2 is 2.12 bits per heavy atom. The average molecular weight is 250 g/mol. The predicted octanol–water partition coefficient (Wildman–Crippen LogP) is 2.60. The summed E-state index contributed by atoms with van der Waals surface area (Å²) in [4.78, 5) is 0. The Labute approximate surface area is 107 Å². The molecule has 4 heteroatoms. The van der Waals surface area contributed by atoms with Gasteiger partial charge in [0.25, 0.3) is 0 Å². The highest BCUT2D eigenvalue weighted by Gasteiger charge is 2.04. The van der Waals surface area contributed by atoms with E-state index in [4.69, 9.17) is 10.00 Å². The van der Waals surface area contributed by atoms with Crippen LogP contribution in [0.2, 0.25) is 0 Å². The third-order valence-electron chi connectivity index (χ3n) is 2.44. The summed E-state index contributed by atoms with van der Waals surface area (Å²) in [5.41, 5.74) is 1.23. The van der Waals surface area contributed by atoms with Crippen molar-refractivity contribution >= 4 is 11.8 Å². The molecule has 1 atom stereocenters. The quantitative estimate of drug-likeness (QED) is 0.756. The number of thioether (sulfide) groups is 1. The first-order chi connectivity index (χ1) is 8.27. The second kappa shape index (κ2) is 7.99.